The van der Waals surface area contributed by atoms with Crippen molar-refractivity contribution in [2.75, 3.05) is 16.8 Å². The molecule has 0 bridgehead atoms. The van der Waals surface area contributed by atoms with E-state index in [1.807, 2.05) is 60.7 Å². The molecule has 6 heteroatoms. The molecule has 31 heavy (non-hydrogen) atoms. The monoisotopic (exact) mass is 409 g/mol. The van der Waals surface area contributed by atoms with Crippen molar-refractivity contribution in [1.82, 2.24) is 14.8 Å². The number of benzene rings is 2. The number of hydrogen-bond donors (Lipinski definition) is 1. The molecule has 1 aliphatic heterocycles. The second-order valence-electron chi connectivity index (χ2n) is 7.69. The van der Waals surface area contributed by atoms with Crippen LogP contribution in [0.1, 0.15) is 21.5 Å². The molecule has 1 aliphatic rings. The van der Waals surface area contributed by atoms with Gasteiger partial charge in [0, 0.05) is 43.8 Å². The highest BCUT2D eigenvalue weighted by molar-refractivity contribution is 6.10. The summed E-state index contributed by atoms with van der Waals surface area (Å²) in [5.74, 6) is 0.577. The largest absolute Gasteiger partial charge is 0.365 e. The first-order valence-electron chi connectivity index (χ1n) is 10.4. The molecule has 0 radical (unpaired) electrons. The minimum Gasteiger partial charge on any atom is -0.365 e. The Morgan fingerprint density at radius 3 is 2.84 bits per heavy atom. The number of anilines is 2. The number of carbonyl (C=O) groups is 1. The van der Waals surface area contributed by atoms with Crippen LogP contribution in [0.5, 0.6) is 0 Å². The highest BCUT2D eigenvalue weighted by Crippen LogP contribution is 2.30. The number of aromatic nitrogens is 3. The molecule has 0 aliphatic carbocycles. The minimum atomic E-state index is -0.0235. The average Bonchev–Trinajstić information content (AvgIpc) is 3.44. The summed E-state index contributed by atoms with van der Waals surface area (Å²) in [7, 11) is 1.91. The van der Waals surface area contributed by atoms with Gasteiger partial charge < -0.3 is 10.2 Å². The number of fused-ring (bicyclic) bond motifs is 1. The van der Waals surface area contributed by atoms with Crippen molar-refractivity contribution in [3.63, 3.8) is 0 Å². The molecule has 1 amide bonds. The van der Waals surface area contributed by atoms with Crippen molar-refractivity contribution in [2.24, 2.45) is 7.05 Å². The fourth-order valence-corrected chi connectivity index (χ4v) is 4.03. The summed E-state index contributed by atoms with van der Waals surface area (Å²) in [4.78, 5) is 19.6. The fraction of sp³-hybridized carbons (Fsp3) is 0.160. The van der Waals surface area contributed by atoms with E-state index >= 15 is 0 Å². The average molecular weight is 409 g/mol. The Kier molecular flexibility index (Phi) is 4.96. The zero-order chi connectivity index (χ0) is 21.2. The third kappa shape index (κ3) is 3.80. The van der Waals surface area contributed by atoms with Gasteiger partial charge in [-0.25, -0.2) is 4.98 Å². The Hall–Kier alpha value is -3.93. The second kappa shape index (κ2) is 8.07. The molecule has 0 spiro atoms. The van der Waals surface area contributed by atoms with E-state index in [9.17, 15) is 4.79 Å². The highest BCUT2D eigenvalue weighted by atomic mass is 16.2. The van der Waals surface area contributed by atoms with E-state index in [0.717, 1.165) is 28.8 Å². The minimum absolute atomic E-state index is 0.0235. The first-order valence-corrected chi connectivity index (χ1v) is 10.4. The molecular formula is C25H23N5O. The van der Waals surface area contributed by atoms with Gasteiger partial charge in [-0.3, -0.25) is 9.48 Å². The maximum absolute atomic E-state index is 13.3. The van der Waals surface area contributed by atoms with Crippen molar-refractivity contribution in [3.8, 4) is 11.1 Å². The Morgan fingerprint density at radius 1 is 1.06 bits per heavy atom. The van der Waals surface area contributed by atoms with E-state index in [2.05, 4.69) is 39.7 Å². The van der Waals surface area contributed by atoms with Crippen LogP contribution >= 0.6 is 0 Å². The smallest absolute Gasteiger partial charge is 0.262 e. The molecule has 2 aromatic heterocycles. The van der Waals surface area contributed by atoms with Gasteiger partial charge in [-0.1, -0.05) is 36.4 Å². The molecule has 2 aromatic carbocycles. The van der Waals surface area contributed by atoms with Crippen molar-refractivity contribution >= 4 is 17.4 Å². The zero-order valence-electron chi connectivity index (χ0n) is 17.3. The molecule has 0 saturated carbocycles. The lowest BCUT2D eigenvalue weighted by molar-refractivity contribution is 0.0990. The number of pyridine rings is 1. The molecule has 5 rings (SSSR count). The molecule has 0 saturated heterocycles. The third-order valence-corrected chi connectivity index (χ3v) is 5.60. The van der Waals surface area contributed by atoms with Crippen LogP contribution in [0.2, 0.25) is 0 Å². The third-order valence-electron chi connectivity index (χ3n) is 5.60. The Balaban J connectivity index is 1.36. The number of rotatable bonds is 5. The summed E-state index contributed by atoms with van der Waals surface area (Å²) in [6, 6.07) is 20.0. The summed E-state index contributed by atoms with van der Waals surface area (Å²) < 4.78 is 1.79. The standard InChI is InChI=1S/C25H23N5O/c1-29-17-21(16-28-29)20-8-4-6-18(14-20)15-27-24-22(9-5-12-26-24)25(31)30-13-11-19-7-2-3-10-23(19)30/h2-10,12,14,16-17H,11,13,15H2,1H3,(H,26,27). The Morgan fingerprint density at radius 2 is 1.97 bits per heavy atom. The number of nitrogens with zero attached hydrogens (tertiary/aromatic N) is 4. The SMILES string of the molecule is Cn1cc(-c2cccc(CNc3ncccc3C(=O)N3CCc4ccccc43)c2)cn1. The van der Waals surface area contributed by atoms with E-state index in [4.69, 9.17) is 0 Å². The van der Waals surface area contributed by atoms with Gasteiger partial charge in [-0.15, -0.1) is 0 Å². The van der Waals surface area contributed by atoms with Crippen LogP contribution in [0.3, 0.4) is 0 Å². The number of para-hydroxylation sites is 1. The molecular weight excluding hydrogens is 386 g/mol. The fourth-order valence-electron chi connectivity index (χ4n) is 4.03. The number of aryl methyl sites for hydroxylation is 1. The molecule has 0 atom stereocenters. The summed E-state index contributed by atoms with van der Waals surface area (Å²) in [5.41, 5.74) is 6.08. The summed E-state index contributed by atoms with van der Waals surface area (Å²) in [6.07, 6.45) is 6.45. The van der Waals surface area contributed by atoms with Crippen LogP contribution in [0.4, 0.5) is 11.5 Å². The Labute approximate surface area is 181 Å². The van der Waals surface area contributed by atoms with Gasteiger partial charge in [0.05, 0.1) is 11.8 Å². The van der Waals surface area contributed by atoms with Gasteiger partial charge in [0.15, 0.2) is 0 Å². The van der Waals surface area contributed by atoms with E-state index in [1.54, 1.807) is 10.9 Å². The lowest BCUT2D eigenvalue weighted by Gasteiger charge is -2.19. The van der Waals surface area contributed by atoms with Crippen LogP contribution in [0.25, 0.3) is 11.1 Å². The normalized spacial score (nSPS) is 12.6. The summed E-state index contributed by atoms with van der Waals surface area (Å²) in [6.45, 7) is 1.27. The van der Waals surface area contributed by atoms with Crippen molar-refractivity contribution in [2.45, 2.75) is 13.0 Å². The van der Waals surface area contributed by atoms with Gasteiger partial charge in [0.1, 0.15) is 5.82 Å². The maximum Gasteiger partial charge on any atom is 0.262 e. The highest BCUT2D eigenvalue weighted by Gasteiger charge is 2.26. The van der Waals surface area contributed by atoms with Gasteiger partial charge in [-0.05, 0) is 47.4 Å². The predicted octanol–water partition coefficient (Wildman–Crippen LogP) is 4.30. The van der Waals surface area contributed by atoms with Gasteiger partial charge in [-0.2, -0.15) is 5.10 Å². The number of hydrogen-bond acceptors (Lipinski definition) is 4. The van der Waals surface area contributed by atoms with Crippen LogP contribution < -0.4 is 10.2 Å². The lowest BCUT2D eigenvalue weighted by atomic mass is 10.1. The van der Waals surface area contributed by atoms with Gasteiger partial charge in [0.2, 0.25) is 0 Å². The van der Waals surface area contributed by atoms with Crippen molar-refractivity contribution in [3.05, 3.63) is 95.9 Å². The molecule has 4 aromatic rings. The summed E-state index contributed by atoms with van der Waals surface area (Å²) in [5, 5.41) is 7.61. The zero-order valence-corrected chi connectivity index (χ0v) is 17.3. The first kappa shape index (κ1) is 19.1. The molecule has 6 nitrogen and oxygen atoms in total. The Bertz CT molecular complexity index is 1250. The number of amides is 1. The van der Waals surface area contributed by atoms with E-state index in [1.165, 1.54) is 5.56 Å². The maximum atomic E-state index is 13.3. The molecule has 154 valence electrons. The number of carbonyl (C=O) groups excluding carboxylic acids is 1. The van der Waals surface area contributed by atoms with E-state index in [-0.39, 0.29) is 5.91 Å². The predicted molar refractivity (Wildman–Crippen MR) is 122 cm³/mol. The second-order valence-corrected chi connectivity index (χ2v) is 7.69. The van der Waals surface area contributed by atoms with Gasteiger partial charge >= 0.3 is 0 Å². The van der Waals surface area contributed by atoms with Crippen LogP contribution in [-0.2, 0) is 20.0 Å². The first-order chi connectivity index (χ1) is 15.2. The van der Waals surface area contributed by atoms with Gasteiger partial charge in [0.25, 0.3) is 5.91 Å². The van der Waals surface area contributed by atoms with Crippen molar-refractivity contribution in [1.29, 1.82) is 0 Å². The molecule has 0 fully saturated rings. The summed E-state index contributed by atoms with van der Waals surface area (Å²) >= 11 is 0. The van der Waals surface area contributed by atoms with Crippen molar-refractivity contribution < 1.29 is 4.79 Å². The number of nitrogens with one attached hydrogen (secondary N) is 1. The van der Waals surface area contributed by atoms with Crippen LogP contribution in [0, 0.1) is 0 Å². The van der Waals surface area contributed by atoms with E-state index in [0.29, 0.717) is 24.5 Å². The molecule has 0 unspecified atom stereocenters. The van der Waals surface area contributed by atoms with Crippen LogP contribution in [-0.4, -0.2) is 27.2 Å². The van der Waals surface area contributed by atoms with E-state index < -0.39 is 0 Å². The topological polar surface area (TPSA) is 63.1 Å². The quantitative estimate of drug-likeness (QED) is 0.534. The van der Waals surface area contributed by atoms with Crippen LogP contribution in [0.15, 0.2) is 79.3 Å². The lowest BCUT2D eigenvalue weighted by Crippen LogP contribution is -2.29. The molecule has 3 heterocycles. The molecule has 1 N–H and O–H groups in total.